The van der Waals surface area contributed by atoms with Gasteiger partial charge >= 0.3 is 0 Å². The molecule has 0 atom stereocenters. The van der Waals surface area contributed by atoms with Gasteiger partial charge in [-0.15, -0.1) is 0 Å². The molecule has 2 aromatic carbocycles. The highest BCUT2D eigenvalue weighted by molar-refractivity contribution is 5.87. The standard InChI is InChI=1S/C14H17NO2/c1-16-8-9-17-14-7-6-11-4-2-3-5-12(11)13(14)10-15/h2-7H,8-10,15H2,1H3. The fraction of sp³-hybridized carbons (Fsp3) is 0.286. The van der Waals surface area contributed by atoms with Gasteiger partial charge in [0.1, 0.15) is 12.4 Å². The zero-order chi connectivity index (χ0) is 12.1. The monoisotopic (exact) mass is 231 g/mol. The molecule has 90 valence electrons. The molecule has 17 heavy (non-hydrogen) atoms. The summed E-state index contributed by atoms with van der Waals surface area (Å²) in [5.41, 5.74) is 6.86. The van der Waals surface area contributed by atoms with E-state index in [9.17, 15) is 0 Å². The Morgan fingerprint density at radius 2 is 1.88 bits per heavy atom. The van der Waals surface area contributed by atoms with Crippen LogP contribution >= 0.6 is 0 Å². The van der Waals surface area contributed by atoms with E-state index < -0.39 is 0 Å². The molecule has 0 amide bonds. The summed E-state index contributed by atoms with van der Waals surface area (Å²) in [7, 11) is 1.66. The first-order valence-corrected chi connectivity index (χ1v) is 5.69. The number of ether oxygens (including phenoxy) is 2. The summed E-state index contributed by atoms with van der Waals surface area (Å²) in [5, 5.41) is 2.34. The summed E-state index contributed by atoms with van der Waals surface area (Å²) in [4.78, 5) is 0. The Morgan fingerprint density at radius 1 is 1.06 bits per heavy atom. The second-order valence-corrected chi connectivity index (χ2v) is 3.81. The summed E-state index contributed by atoms with van der Waals surface area (Å²) in [6.45, 7) is 1.60. The van der Waals surface area contributed by atoms with Crippen molar-refractivity contribution in [3.05, 3.63) is 42.0 Å². The molecule has 0 aliphatic heterocycles. The minimum atomic E-state index is 0.476. The maximum Gasteiger partial charge on any atom is 0.124 e. The van der Waals surface area contributed by atoms with E-state index in [0.717, 1.165) is 16.7 Å². The molecule has 0 saturated carbocycles. The van der Waals surface area contributed by atoms with Crippen LogP contribution in [-0.4, -0.2) is 20.3 Å². The van der Waals surface area contributed by atoms with Crippen LogP contribution in [0.5, 0.6) is 5.75 Å². The van der Waals surface area contributed by atoms with Crippen LogP contribution in [0.3, 0.4) is 0 Å². The Labute approximate surface area is 101 Å². The number of hydrogen-bond donors (Lipinski definition) is 1. The number of hydrogen-bond acceptors (Lipinski definition) is 3. The van der Waals surface area contributed by atoms with Gasteiger partial charge in [0.2, 0.25) is 0 Å². The predicted octanol–water partition coefficient (Wildman–Crippen LogP) is 2.32. The Bertz CT molecular complexity index is 497. The van der Waals surface area contributed by atoms with Gasteiger partial charge in [-0.3, -0.25) is 0 Å². The average Bonchev–Trinajstić information content (AvgIpc) is 2.38. The zero-order valence-corrected chi connectivity index (χ0v) is 9.98. The van der Waals surface area contributed by atoms with Crippen molar-refractivity contribution >= 4 is 10.8 Å². The van der Waals surface area contributed by atoms with Crippen LogP contribution in [0, 0.1) is 0 Å². The lowest BCUT2D eigenvalue weighted by atomic mass is 10.0. The number of benzene rings is 2. The van der Waals surface area contributed by atoms with Crippen molar-refractivity contribution in [3.63, 3.8) is 0 Å². The van der Waals surface area contributed by atoms with E-state index in [1.54, 1.807) is 7.11 Å². The maximum atomic E-state index is 5.81. The molecule has 2 N–H and O–H groups in total. The SMILES string of the molecule is COCCOc1ccc2ccccc2c1CN. The fourth-order valence-electron chi connectivity index (χ4n) is 1.90. The molecule has 0 unspecified atom stereocenters. The molecule has 0 spiro atoms. The number of rotatable bonds is 5. The van der Waals surface area contributed by atoms with Crippen molar-refractivity contribution in [2.24, 2.45) is 5.73 Å². The Kier molecular flexibility index (Phi) is 3.96. The second-order valence-electron chi connectivity index (χ2n) is 3.81. The van der Waals surface area contributed by atoms with E-state index >= 15 is 0 Å². The highest BCUT2D eigenvalue weighted by atomic mass is 16.5. The first-order chi connectivity index (χ1) is 8.36. The largest absolute Gasteiger partial charge is 0.491 e. The summed E-state index contributed by atoms with van der Waals surface area (Å²) < 4.78 is 10.6. The van der Waals surface area contributed by atoms with Crippen molar-refractivity contribution in [3.8, 4) is 5.75 Å². The van der Waals surface area contributed by atoms with Crippen LogP contribution < -0.4 is 10.5 Å². The highest BCUT2D eigenvalue weighted by Gasteiger charge is 2.06. The molecular formula is C14H17NO2. The zero-order valence-electron chi connectivity index (χ0n) is 9.98. The summed E-state index contributed by atoms with van der Waals surface area (Å²) in [6.07, 6.45) is 0. The molecule has 2 rings (SSSR count). The van der Waals surface area contributed by atoms with Gasteiger partial charge in [-0.1, -0.05) is 30.3 Å². The molecule has 0 aliphatic rings. The molecule has 0 bridgehead atoms. The Morgan fingerprint density at radius 3 is 2.65 bits per heavy atom. The van der Waals surface area contributed by atoms with Crippen LogP contribution in [0.4, 0.5) is 0 Å². The van der Waals surface area contributed by atoms with E-state index in [0.29, 0.717) is 19.8 Å². The van der Waals surface area contributed by atoms with Gasteiger partial charge < -0.3 is 15.2 Å². The lowest BCUT2D eigenvalue weighted by Gasteiger charge is -2.12. The minimum absolute atomic E-state index is 0.476. The highest BCUT2D eigenvalue weighted by Crippen LogP contribution is 2.27. The summed E-state index contributed by atoms with van der Waals surface area (Å²) in [6, 6.07) is 12.2. The van der Waals surface area contributed by atoms with Gasteiger partial charge in [-0.2, -0.15) is 0 Å². The molecular weight excluding hydrogens is 214 g/mol. The molecule has 0 radical (unpaired) electrons. The Balaban J connectivity index is 2.35. The van der Waals surface area contributed by atoms with E-state index in [-0.39, 0.29) is 0 Å². The molecule has 0 heterocycles. The quantitative estimate of drug-likeness (QED) is 0.803. The predicted molar refractivity (Wildman–Crippen MR) is 69.2 cm³/mol. The molecule has 0 aromatic heterocycles. The summed E-state index contributed by atoms with van der Waals surface area (Å²) >= 11 is 0. The van der Waals surface area contributed by atoms with Crippen LogP contribution in [-0.2, 0) is 11.3 Å². The molecule has 2 aromatic rings. The molecule has 0 aliphatic carbocycles. The van der Waals surface area contributed by atoms with Crippen LogP contribution in [0.2, 0.25) is 0 Å². The average molecular weight is 231 g/mol. The summed E-state index contributed by atoms with van der Waals surface area (Å²) in [5.74, 6) is 0.850. The first kappa shape index (κ1) is 11.9. The van der Waals surface area contributed by atoms with Gasteiger partial charge in [0.15, 0.2) is 0 Å². The van der Waals surface area contributed by atoms with E-state index in [1.807, 2.05) is 18.2 Å². The van der Waals surface area contributed by atoms with E-state index in [1.165, 1.54) is 5.39 Å². The number of nitrogens with two attached hydrogens (primary N) is 1. The number of fused-ring (bicyclic) bond motifs is 1. The minimum Gasteiger partial charge on any atom is -0.491 e. The maximum absolute atomic E-state index is 5.81. The van der Waals surface area contributed by atoms with Crippen LogP contribution in [0.15, 0.2) is 36.4 Å². The van der Waals surface area contributed by atoms with Crippen LogP contribution in [0.25, 0.3) is 10.8 Å². The smallest absolute Gasteiger partial charge is 0.124 e. The second kappa shape index (κ2) is 5.66. The van der Waals surface area contributed by atoms with Gasteiger partial charge in [0.05, 0.1) is 6.61 Å². The van der Waals surface area contributed by atoms with Gasteiger partial charge in [0.25, 0.3) is 0 Å². The third-order valence-corrected chi connectivity index (χ3v) is 2.75. The Hall–Kier alpha value is -1.58. The molecule has 3 heteroatoms. The third kappa shape index (κ3) is 2.57. The van der Waals surface area contributed by atoms with E-state index in [2.05, 4.69) is 18.2 Å². The lowest BCUT2D eigenvalue weighted by molar-refractivity contribution is 0.146. The van der Waals surface area contributed by atoms with Crippen molar-refractivity contribution in [2.45, 2.75) is 6.54 Å². The van der Waals surface area contributed by atoms with E-state index in [4.69, 9.17) is 15.2 Å². The van der Waals surface area contributed by atoms with Gasteiger partial charge in [-0.05, 0) is 16.8 Å². The first-order valence-electron chi connectivity index (χ1n) is 5.69. The van der Waals surface area contributed by atoms with Crippen molar-refractivity contribution in [2.75, 3.05) is 20.3 Å². The molecule has 0 saturated heterocycles. The molecule has 0 fully saturated rings. The van der Waals surface area contributed by atoms with Crippen LogP contribution in [0.1, 0.15) is 5.56 Å². The van der Waals surface area contributed by atoms with Crippen molar-refractivity contribution in [1.29, 1.82) is 0 Å². The van der Waals surface area contributed by atoms with Crippen molar-refractivity contribution < 1.29 is 9.47 Å². The lowest BCUT2D eigenvalue weighted by Crippen LogP contribution is -2.08. The van der Waals surface area contributed by atoms with Crippen molar-refractivity contribution in [1.82, 2.24) is 0 Å². The van der Waals surface area contributed by atoms with Gasteiger partial charge in [0, 0.05) is 19.2 Å². The third-order valence-electron chi connectivity index (χ3n) is 2.75. The normalized spacial score (nSPS) is 10.7. The number of methoxy groups -OCH3 is 1. The topological polar surface area (TPSA) is 44.5 Å². The van der Waals surface area contributed by atoms with Gasteiger partial charge in [-0.25, -0.2) is 0 Å². The fourth-order valence-corrected chi connectivity index (χ4v) is 1.90. The molecule has 3 nitrogen and oxygen atoms in total.